The Bertz CT molecular complexity index is 1300. The van der Waals surface area contributed by atoms with Crippen LogP contribution in [0, 0.1) is 11.6 Å². The lowest BCUT2D eigenvalue weighted by molar-refractivity contribution is 0.428. The predicted molar refractivity (Wildman–Crippen MR) is 121 cm³/mol. The number of fused-ring (bicyclic) bond motifs is 1. The highest BCUT2D eigenvalue weighted by Gasteiger charge is 2.19. The van der Waals surface area contributed by atoms with Crippen molar-refractivity contribution in [1.82, 2.24) is 4.57 Å². The van der Waals surface area contributed by atoms with Crippen LogP contribution in [-0.4, -0.2) is 14.8 Å². The van der Waals surface area contributed by atoms with Gasteiger partial charge in [-0.05, 0) is 42.5 Å². The first-order valence-corrected chi connectivity index (χ1v) is 9.94. The van der Waals surface area contributed by atoms with E-state index in [0.29, 0.717) is 10.9 Å². The van der Waals surface area contributed by atoms with Crippen LogP contribution in [0.15, 0.2) is 77.0 Å². The molecule has 3 aromatic carbocycles. The molecule has 0 aliphatic heterocycles. The highest BCUT2D eigenvalue weighted by Crippen LogP contribution is 2.40. The molecule has 4 rings (SSSR count). The average Bonchev–Trinajstić information content (AvgIpc) is 3.02. The molecule has 0 fully saturated rings. The first-order valence-electron chi connectivity index (χ1n) is 9.16. The SMILES string of the molecule is Oc1c(N=NC(=S)Nc2ccccc2F)c2ccccc2n1Cc1c(F)cccc1Cl. The average molecular weight is 457 g/mol. The molecule has 2 N–H and O–H groups in total. The van der Waals surface area contributed by atoms with E-state index in [1.54, 1.807) is 42.5 Å². The molecule has 0 saturated heterocycles. The minimum atomic E-state index is -0.485. The topological polar surface area (TPSA) is 61.9 Å². The normalized spacial score (nSPS) is 11.3. The van der Waals surface area contributed by atoms with Crippen molar-refractivity contribution in [2.45, 2.75) is 6.54 Å². The van der Waals surface area contributed by atoms with Crippen molar-refractivity contribution in [1.29, 1.82) is 0 Å². The number of hydrogen-bond acceptors (Lipinski definition) is 3. The Balaban J connectivity index is 1.69. The molecule has 0 aliphatic rings. The van der Waals surface area contributed by atoms with Crippen molar-refractivity contribution in [3.8, 4) is 5.88 Å². The lowest BCUT2D eigenvalue weighted by Crippen LogP contribution is -2.06. The second kappa shape index (κ2) is 8.79. The third-order valence-corrected chi connectivity index (χ3v) is 5.19. The summed E-state index contributed by atoms with van der Waals surface area (Å²) in [4.78, 5) is 0. The number of aromatic hydroxyl groups is 1. The number of hydrogen-bond donors (Lipinski definition) is 2. The molecule has 9 heteroatoms. The van der Waals surface area contributed by atoms with Gasteiger partial charge in [0.2, 0.25) is 11.0 Å². The molecular formula is C22H15ClF2N4OS. The molecule has 0 bridgehead atoms. The Kier molecular flexibility index (Phi) is 5.92. The number of benzene rings is 3. The lowest BCUT2D eigenvalue weighted by Gasteiger charge is -2.09. The molecule has 1 heterocycles. The van der Waals surface area contributed by atoms with Gasteiger partial charge < -0.3 is 15.0 Å². The summed E-state index contributed by atoms with van der Waals surface area (Å²) in [5.41, 5.74) is 1.16. The molecule has 4 aromatic rings. The smallest absolute Gasteiger partial charge is 0.221 e. The van der Waals surface area contributed by atoms with E-state index in [-0.39, 0.29) is 39.5 Å². The molecule has 0 aliphatic carbocycles. The highest BCUT2D eigenvalue weighted by atomic mass is 35.5. The monoisotopic (exact) mass is 456 g/mol. The predicted octanol–water partition coefficient (Wildman–Crippen LogP) is 6.81. The van der Waals surface area contributed by atoms with Gasteiger partial charge in [-0.1, -0.05) is 48.0 Å². The molecule has 156 valence electrons. The molecule has 0 radical (unpaired) electrons. The van der Waals surface area contributed by atoms with Crippen molar-refractivity contribution >= 4 is 51.2 Å². The Labute approximate surface area is 186 Å². The zero-order valence-corrected chi connectivity index (χ0v) is 17.5. The van der Waals surface area contributed by atoms with E-state index in [0.717, 1.165) is 0 Å². The summed E-state index contributed by atoms with van der Waals surface area (Å²) in [5.74, 6) is -1.19. The van der Waals surface area contributed by atoms with Gasteiger partial charge >= 0.3 is 0 Å². The number of para-hydroxylation sites is 2. The fourth-order valence-corrected chi connectivity index (χ4v) is 3.54. The molecule has 0 unspecified atom stereocenters. The number of nitrogens with zero attached hydrogens (tertiary/aromatic N) is 3. The molecule has 5 nitrogen and oxygen atoms in total. The summed E-state index contributed by atoms with van der Waals surface area (Å²) in [6.07, 6.45) is 0. The van der Waals surface area contributed by atoms with Crippen LogP contribution in [-0.2, 0) is 6.54 Å². The first kappa shape index (κ1) is 20.9. The molecule has 0 saturated carbocycles. The van der Waals surface area contributed by atoms with E-state index < -0.39 is 11.6 Å². The van der Waals surface area contributed by atoms with Crippen LogP contribution < -0.4 is 5.32 Å². The quantitative estimate of drug-likeness (QED) is 0.262. The second-order valence-electron chi connectivity index (χ2n) is 6.59. The van der Waals surface area contributed by atoms with Gasteiger partial charge in [-0.15, -0.1) is 10.2 Å². The molecule has 31 heavy (non-hydrogen) atoms. The Morgan fingerprint density at radius 1 is 1.00 bits per heavy atom. The van der Waals surface area contributed by atoms with Crippen LogP contribution >= 0.6 is 23.8 Å². The van der Waals surface area contributed by atoms with Gasteiger partial charge in [0.25, 0.3) is 0 Å². The molecule has 0 spiro atoms. The van der Waals surface area contributed by atoms with Crippen LogP contribution in [0.5, 0.6) is 5.88 Å². The maximum Gasteiger partial charge on any atom is 0.221 e. The van der Waals surface area contributed by atoms with Crippen LogP contribution in [0.25, 0.3) is 10.9 Å². The zero-order chi connectivity index (χ0) is 22.0. The summed E-state index contributed by atoms with van der Waals surface area (Å²) in [6, 6.07) is 17.5. The molecule has 1 aromatic heterocycles. The fraction of sp³-hybridized carbons (Fsp3) is 0.0455. The van der Waals surface area contributed by atoms with Gasteiger partial charge in [0.15, 0.2) is 5.69 Å². The number of nitrogens with one attached hydrogen (secondary N) is 1. The van der Waals surface area contributed by atoms with E-state index in [4.69, 9.17) is 23.8 Å². The Morgan fingerprint density at radius 2 is 1.71 bits per heavy atom. The van der Waals surface area contributed by atoms with Gasteiger partial charge in [-0.3, -0.25) is 0 Å². The third kappa shape index (κ3) is 4.26. The van der Waals surface area contributed by atoms with Crippen LogP contribution in [0.2, 0.25) is 5.02 Å². The van der Waals surface area contributed by atoms with Gasteiger partial charge in [0.1, 0.15) is 11.6 Å². The van der Waals surface area contributed by atoms with Gasteiger partial charge in [0.05, 0.1) is 17.7 Å². The number of rotatable bonds is 4. The van der Waals surface area contributed by atoms with E-state index in [2.05, 4.69) is 15.5 Å². The standard InChI is InChI=1S/C22H15ClF2N4OS/c23-15-7-5-9-16(24)14(15)12-29-19-11-4-1-6-13(19)20(21(29)30)27-28-22(31)26-18-10-3-2-8-17(18)25/h1-11,30H,12H2,(H,26,31). The first-order chi connectivity index (χ1) is 15.0. The molecule has 0 atom stereocenters. The fourth-order valence-electron chi connectivity index (χ4n) is 3.17. The van der Waals surface area contributed by atoms with E-state index in [9.17, 15) is 13.9 Å². The number of aromatic nitrogens is 1. The van der Waals surface area contributed by atoms with Gasteiger partial charge in [-0.25, -0.2) is 8.78 Å². The number of thiocarbonyl (C=S) groups is 1. The molecular weight excluding hydrogens is 442 g/mol. The van der Waals surface area contributed by atoms with E-state index in [1.165, 1.54) is 28.8 Å². The minimum absolute atomic E-state index is 0.00863. The molecule has 0 amide bonds. The number of azo groups is 1. The lowest BCUT2D eigenvalue weighted by atomic mass is 10.2. The second-order valence-corrected chi connectivity index (χ2v) is 7.38. The van der Waals surface area contributed by atoms with Gasteiger partial charge in [-0.2, -0.15) is 0 Å². The highest BCUT2D eigenvalue weighted by molar-refractivity contribution is 7.80. The van der Waals surface area contributed by atoms with Crippen molar-refractivity contribution < 1.29 is 13.9 Å². The van der Waals surface area contributed by atoms with Crippen molar-refractivity contribution in [2.24, 2.45) is 10.2 Å². The Morgan fingerprint density at radius 3 is 2.48 bits per heavy atom. The summed E-state index contributed by atoms with van der Waals surface area (Å²) in [6.45, 7) is -0.00863. The summed E-state index contributed by atoms with van der Waals surface area (Å²) in [5, 5.41) is 22.2. The van der Waals surface area contributed by atoms with Crippen LogP contribution in [0.4, 0.5) is 20.2 Å². The summed E-state index contributed by atoms with van der Waals surface area (Å²) in [7, 11) is 0. The van der Waals surface area contributed by atoms with Crippen molar-refractivity contribution in [3.05, 3.63) is 89.0 Å². The van der Waals surface area contributed by atoms with Crippen molar-refractivity contribution in [2.75, 3.05) is 5.32 Å². The zero-order valence-electron chi connectivity index (χ0n) is 15.9. The minimum Gasteiger partial charge on any atom is -0.493 e. The summed E-state index contributed by atoms with van der Waals surface area (Å²) >= 11 is 11.3. The number of anilines is 1. The Hall–Kier alpha value is -3.36. The van der Waals surface area contributed by atoms with Crippen LogP contribution in [0.1, 0.15) is 5.56 Å². The summed E-state index contributed by atoms with van der Waals surface area (Å²) < 4.78 is 29.6. The van der Waals surface area contributed by atoms with Crippen LogP contribution in [0.3, 0.4) is 0 Å². The van der Waals surface area contributed by atoms with Crippen molar-refractivity contribution in [3.63, 3.8) is 0 Å². The van der Waals surface area contributed by atoms with E-state index >= 15 is 0 Å². The largest absolute Gasteiger partial charge is 0.493 e. The maximum atomic E-state index is 14.3. The van der Waals surface area contributed by atoms with Gasteiger partial charge in [0, 0.05) is 16.0 Å². The number of halogens is 3. The maximum absolute atomic E-state index is 14.3. The van der Waals surface area contributed by atoms with E-state index in [1.807, 2.05) is 0 Å². The third-order valence-electron chi connectivity index (χ3n) is 4.65.